The molecule has 0 unspecified atom stereocenters. The van der Waals surface area contributed by atoms with Crippen LogP contribution in [0.15, 0.2) is 130 Å². The third-order valence-electron chi connectivity index (χ3n) is 7.47. The van der Waals surface area contributed by atoms with Crippen LogP contribution in [-0.4, -0.2) is 16.6 Å². The highest BCUT2D eigenvalue weighted by Crippen LogP contribution is 2.38. The first kappa shape index (κ1) is 23.9. The SMILES string of the molecule is C=CN=C(N=CC)c1cccc2c1c1cc(-c3ccc4oc5ccc(C)cc5c4c3)ccc1n2-c1ccccc1. The molecule has 0 atom stereocenters. The minimum Gasteiger partial charge on any atom is -0.456 e. The highest BCUT2D eigenvalue weighted by Gasteiger charge is 2.18. The normalized spacial score (nSPS) is 12.4. The first-order valence-corrected chi connectivity index (χ1v) is 13.4. The highest BCUT2D eigenvalue weighted by molar-refractivity contribution is 6.21. The van der Waals surface area contributed by atoms with Crippen LogP contribution in [0, 0.1) is 6.92 Å². The van der Waals surface area contributed by atoms with Crippen LogP contribution in [0.1, 0.15) is 18.1 Å². The van der Waals surface area contributed by atoms with Gasteiger partial charge in [-0.2, -0.15) is 0 Å². The van der Waals surface area contributed by atoms with Crippen molar-refractivity contribution in [1.29, 1.82) is 0 Å². The fraction of sp³-hybridized carbons (Fsp3) is 0.0556. The van der Waals surface area contributed by atoms with E-state index >= 15 is 0 Å². The molecule has 0 spiro atoms. The van der Waals surface area contributed by atoms with Gasteiger partial charge < -0.3 is 8.98 Å². The number of benzene rings is 5. The Morgan fingerprint density at radius 1 is 0.750 bits per heavy atom. The van der Waals surface area contributed by atoms with Gasteiger partial charge in [0.15, 0.2) is 5.84 Å². The maximum Gasteiger partial charge on any atom is 0.159 e. The molecular formula is C36H27N3O. The summed E-state index contributed by atoms with van der Waals surface area (Å²) in [7, 11) is 0. The van der Waals surface area contributed by atoms with Crippen molar-refractivity contribution in [3.63, 3.8) is 0 Å². The topological polar surface area (TPSA) is 42.8 Å². The Morgan fingerprint density at radius 2 is 1.48 bits per heavy atom. The van der Waals surface area contributed by atoms with Crippen LogP contribution in [0.25, 0.3) is 60.6 Å². The Labute approximate surface area is 232 Å². The molecule has 5 aromatic carbocycles. The second kappa shape index (κ2) is 9.51. The third-order valence-corrected chi connectivity index (χ3v) is 7.47. The predicted octanol–water partition coefficient (Wildman–Crippen LogP) is 9.64. The average Bonchev–Trinajstić information content (AvgIpc) is 3.52. The van der Waals surface area contributed by atoms with Gasteiger partial charge in [0.2, 0.25) is 0 Å². The lowest BCUT2D eigenvalue weighted by Gasteiger charge is -2.08. The van der Waals surface area contributed by atoms with Crippen LogP contribution in [0.4, 0.5) is 0 Å². The van der Waals surface area contributed by atoms with E-state index in [-0.39, 0.29) is 0 Å². The summed E-state index contributed by atoms with van der Waals surface area (Å²) >= 11 is 0. The van der Waals surface area contributed by atoms with Gasteiger partial charge in [0.25, 0.3) is 0 Å². The predicted molar refractivity (Wildman–Crippen MR) is 169 cm³/mol. The number of aryl methyl sites for hydroxylation is 1. The van der Waals surface area contributed by atoms with Crippen LogP contribution in [0.3, 0.4) is 0 Å². The molecule has 0 fully saturated rings. The summed E-state index contributed by atoms with van der Waals surface area (Å²) in [5.74, 6) is 0.641. The molecule has 192 valence electrons. The zero-order valence-electron chi connectivity index (χ0n) is 22.4. The molecule has 2 heterocycles. The van der Waals surface area contributed by atoms with E-state index in [0.29, 0.717) is 5.84 Å². The molecular weight excluding hydrogens is 490 g/mol. The number of para-hydroxylation sites is 1. The summed E-state index contributed by atoms with van der Waals surface area (Å²) < 4.78 is 8.44. The van der Waals surface area contributed by atoms with E-state index in [9.17, 15) is 0 Å². The van der Waals surface area contributed by atoms with Crippen LogP contribution >= 0.6 is 0 Å². The Kier molecular flexibility index (Phi) is 5.67. The van der Waals surface area contributed by atoms with Crippen molar-refractivity contribution in [1.82, 2.24) is 4.57 Å². The Bertz CT molecular complexity index is 2140. The van der Waals surface area contributed by atoms with Gasteiger partial charge in [-0.05, 0) is 79.6 Å². The molecule has 0 N–H and O–H groups in total. The Balaban J connectivity index is 1.53. The van der Waals surface area contributed by atoms with E-state index in [1.54, 1.807) is 12.4 Å². The van der Waals surface area contributed by atoms with Crippen molar-refractivity contribution >= 4 is 55.8 Å². The minimum atomic E-state index is 0.641. The zero-order chi connectivity index (χ0) is 27.2. The summed E-state index contributed by atoms with van der Waals surface area (Å²) in [6.07, 6.45) is 3.32. The summed E-state index contributed by atoms with van der Waals surface area (Å²) in [5.41, 5.74) is 9.62. The second-order valence-corrected chi connectivity index (χ2v) is 9.94. The molecule has 0 amide bonds. The van der Waals surface area contributed by atoms with E-state index in [1.807, 2.05) is 13.0 Å². The van der Waals surface area contributed by atoms with Gasteiger partial charge >= 0.3 is 0 Å². The first-order chi connectivity index (χ1) is 19.7. The van der Waals surface area contributed by atoms with Crippen LogP contribution in [0.5, 0.6) is 0 Å². The monoisotopic (exact) mass is 517 g/mol. The van der Waals surface area contributed by atoms with Gasteiger partial charge in [-0.25, -0.2) is 9.98 Å². The molecule has 2 aromatic heterocycles. The van der Waals surface area contributed by atoms with Gasteiger partial charge in [0, 0.05) is 45.2 Å². The lowest BCUT2D eigenvalue weighted by molar-refractivity contribution is 0.669. The third kappa shape index (κ3) is 3.76. The van der Waals surface area contributed by atoms with E-state index in [4.69, 9.17) is 4.42 Å². The van der Waals surface area contributed by atoms with Crippen LogP contribution in [0.2, 0.25) is 0 Å². The van der Waals surface area contributed by atoms with Gasteiger partial charge in [-0.3, -0.25) is 0 Å². The number of fused-ring (bicyclic) bond motifs is 6. The maximum absolute atomic E-state index is 6.13. The molecule has 7 aromatic rings. The van der Waals surface area contributed by atoms with Crippen molar-refractivity contribution in [2.24, 2.45) is 9.98 Å². The van der Waals surface area contributed by atoms with E-state index in [2.05, 4.69) is 125 Å². The molecule has 4 nitrogen and oxygen atoms in total. The number of nitrogens with zero attached hydrogens (tertiary/aromatic N) is 3. The van der Waals surface area contributed by atoms with Crippen molar-refractivity contribution in [3.8, 4) is 16.8 Å². The number of aliphatic imine (C=N–C) groups is 2. The molecule has 0 saturated heterocycles. The van der Waals surface area contributed by atoms with E-state index < -0.39 is 0 Å². The molecule has 0 bridgehead atoms. The fourth-order valence-electron chi connectivity index (χ4n) is 5.74. The van der Waals surface area contributed by atoms with Crippen molar-refractivity contribution in [2.75, 3.05) is 0 Å². The fourth-order valence-corrected chi connectivity index (χ4v) is 5.74. The number of hydrogen-bond acceptors (Lipinski definition) is 2. The lowest BCUT2D eigenvalue weighted by atomic mass is 9.99. The minimum absolute atomic E-state index is 0.641. The largest absolute Gasteiger partial charge is 0.456 e. The van der Waals surface area contributed by atoms with Crippen molar-refractivity contribution < 1.29 is 4.42 Å². The van der Waals surface area contributed by atoms with E-state index in [1.165, 1.54) is 5.56 Å². The Hall–Kier alpha value is -5.22. The van der Waals surface area contributed by atoms with Gasteiger partial charge in [0.1, 0.15) is 11.2 Å². The number of aromatic nitrogens is 1. The number of hydrogen-bond donors (Lipinski definition) is 0. The molecule has 0 aliphatic rings. The van der Waals surface area contributed by atoms with Crippen LogP contribution < -0.4 is 0 Å². The van der Waals surface area contributed by atoms with Gasteiger partial charge in [0.05, 0.1) is 11.0 Å². The smallest absolute Gasteiger partial charge is 0.159 e. The highest BCUT2D eigenvalue weighted by atomic mass is 16.3. The summed E-state index contributed by atoms with van der Waals surface area (Å²) in [4.78, 5) is 9.13. The lowest BCUT2D eigenvalue weighted by Crippen LogP contribution is -1.98. The second-order valence-electron chi connectivity index (χ2n) is 9.94. The summed E-state index contributed by atoms with van der Waals surface area (Å²) in [5, 5.41) is 4.52. The number of amidine groups is 1. The average molecular weight is 518 g/mol. The zero-order valence-corrected chi connectivity index (χ0v) is 22.4. The molecule has 0 radical (unpaired) electrons. The summed E-state index contributed by atoms with van der Waals surface area (Å²) in [6, 6.07) is 36.3. The molecule has 40 heavy (non-hydrogen) atoms. The summed E-state index contributed by atoms with van der Waals surface area (Å²) in [6.45, 7) is 7.85. The van der Waals surface area contributed by atoms with Crippen molar-refractivity contribution in [3.05, 3.63) is 127 Å². The van der Waals surface area contributed by atoms with E-state index in [0.717, 1.165) is 66.1 Å². The number of furan rings is 1. The van der Waals surface area contributed by atoms with Crippen LogP contribution in [-0.2, 0) is 0 Å². The molecule has 0 aliphatic heterocycles. The molecule has 0 aliphatic carbocycles. The maximum atomic E-state index is 6.13. The molecule has 0 saturated carbocycles. The standard InChI is InChI=1S/C36H27N3O/c1-4-37-36(38-5-2)27-12-9-13-32-35(27)30-22-24(15-17-31(30)39(32)26-10-7-6-8-11-26)25-16-19-34-29(21-25)28-20-23(3)14-18-33(28)40-34/h4-22H,1H2,2-3H3. The van der Waals surface area contributed by atoms with Gasteiger partial charge in [-0.15, -0.1) is 0 Å². The van der Waals surface area contributed by atoms with Crippen molar-refractivity contribution in [2.45, 2.75) is 13.8 Å². The quantitative estimate of drug-likeness (QED) is 0.169. The van der Waals surface area contributed by atoms with Gasteiger partial charge in [-0.1, -0.05) is 60.7 Å². The number of rotatable bonds is 4. The first-order valence-electron chi connectivity index (χ1n) is 13.4. The molecule has 7 rings (SSSR count). The molecule has 4 heteroatoms. The Morgan fingerprint density at radius 3 is 2.25 bits per heavy atom.